The van der Waals surface area contributed by atoms with Gasteiger partial charge >= 0.3 is 122 Å². The molecule has 0 amide bonds. The molecule has 0 bridgehead atoms. The molecule has 0 saturated carbocycles. The maximum atomic E-state index is 4.19. The average Bonchev–Trinajstić information content (AvgIpc) is 1.92. The Morgan fingerprint density at radius 3 is 0.833 bits per heavy atom. The Kier molecular flexibility index (Phi) is 6.71. The summed E-state index contributed by atoms with van der Waals surface area (Å²) in [5.41, 5.74) is 5.50. The van der Waals surface area contributed by atoms with Crippen molar-refractivity contribution in [2.45, 2.75) is 55.4 Å². The van der Waals surface area contributed by atoms with Gasteiger partial charge in [-0.05, 0) is 0 Å². The molecule has 0 heterocycles. The van der Waals surface area contributed by atoms with Crippen molar-refractivity contribution in [3.05, 3.63) is 38.4 Å². The normalized spacial score (nSPS) is 12.8. The summed E-state index contributed by atoms with van der Waals surface area (Å²) in [6.45, 7) is 17.5. The van der Waals surface area contributed by atoms with Gasteiger partial charge in [0.1, 0.15) is 0 Å². The minimum atomic E-state index is -3.28. The van der Waals surface area contributed by atoms with Crippen LogP contribution in [0.3, 0.4) is 0 Å². The fraction of sp³-hybridized carbons (Fsp3) is 0.500. The van der Waals surface area contributed by atoms with Crippen LogP contribution in [0.15, 0.2) is 38.4 Å². The summed E-state index contributed by atoms with van der Waals surface area (Å²) in [4.78, 5) is 0. The average molecular weight is 422 g/mol. The maximum absolute atomic E-state index is 4.19. The van der Waals surface area contributed by atoms with Crippen molar-refractivity contribution in [3.63, 3.8) is 0 Å². The Bertz CT molecular complexity index is 337. The number of allylic oxidation sites excluding steroid dienone is 4. The zero-order chi connectivity index (χ0) is 14.6. The van der Waals surface area contributed by atoms with Crippen molar-refractivity contribution < 1.29 is 0 Å². The van der Waals surface area contributed by atoms with Crippen LogP contribution in [-0.2, 0) is 0 Å². The first-order valence-corrected chi connectivity index (χ1v) is 18.0. The molecule has 0 nitrogen and oxygen atoms in total. The van der Waals surface area contributed by atoms with Crippen LogP contribution >= 0.6 is 12.6 Å². The predicted molar refractivity (Wildman–Crippen MR) is 92.4 cm³/mol. The fourth-order valence-electron chi connectivity index (χ4n) is 2.40. The molecule has 2 heteroatoms. The van der Waals surface area contributed by atoms with Crippen LogP contribution < -0.4 is 0 Å². The molecule has 0 radical (unpaired) electrons. The molecule has 0 unspecified atom stereocenters. The standard InChI is InChI=1S/4C4H7.BrH.Sb/c4*1-4(2)3;;/h4*1H,2-3H3;1H;/q;;;;;+1/p-1. The van der Waals surface area contributed by atoms with E-state index < -0.39 is 15.1 Å². The molecule has 0 fully saturated rings. The van der Waals surface area contributed by atoms with Gasteiger partial charge in [0.2, 0.25) is 0 Å². The molecule has 0 aromatic rings. The second kappa shape index (κ2) is 6.62. The Hall–Kier alpha value is 0.258. The molecular formula is C16H28BrSb. The molecule has 0 aliphatic rings. The van der Waals surface area contributed by atoms with Gasteiger partial charge in [-0.15, -0.1) is 0 Å². The number of hydrogen-bond donors (Lipinski definition) is 0. The second-order valence-electron chi connectivity index (χ2n) is 6.11. The molecule has 0 aliphatic carbocycles. The monoisotopic (exact) mass is 420 g/mol. The number of halogens is 1. The number of rotatable bonds is 4. The Balaban J connectivity index is 6.40. The Morgan fingerprint density at radius 1 is 0.556 bits per heavy atom. The van der Waals surface area contributed by atoms with Crippen molar-refractivity contribution in [3.8, 4) is 0 Å². The molecular weight excluding hydrogens is 394 g/mol. The Morgan fingerprint density at radius 2 is 0.722 bits per heavy atom. The van der Waals surface area contributed by atoms with Crippen LogP contribution in [0.25, 0.3) is 0 Å². The summed E-state index contributed by atoms with van der Waals surface area (Å²) in [6.07, 6.45) is 0. The number of hydrogen-bond acceptors (Lipinski definition) is 0. The van der Waals surface area contributed by atoms with Gasteiger partial charge in [-0.2, -0.15) is 0 Å². The molecule has 0 atom stereocenters. The zero-order valence-electron chi connectivity index (χ0n) is 13.1. The molecule has 104 valence electrons. The minimum absolute atomic E-state index is 1.38. The zero-order valence-corrected chi connectivity index (χ0v) is 17.3. The van der Waals surface area contributed by atoms with Gasteiger partial charge in [0, 0.05) is 0 Å². The molecule has 18 heavy (non-hydrogen) atoms. The SMILES string of the molecule is CC(C)=[CH][Sb]([Br])([CH]=C(C)C)([CH]=C(C)C)[CH]=C(C)C. The van der Waals surface area contributed by atoms with E-state index in [4.69, 9.17) is 0 Å². The molecule has 0 rings (SSSR count). The molecule has 0 aromatic carbocycles. The summed E-state index contributed by atoms with van der Waals surface area (Å²) in [6, 6.07) is 0. The van der Waals surface area contributed by atoms with Gasteiger partial charge < -0.3 is 0 Å². The first kappa shape index (κ1) is 18.3. The summed E-state index contributed by atoms with van der Waals surface area (Å²) in [7, 11) is 0. The van der Waals surface area contributed by atoms with Gasteiger partial charge in [-0.1, -0.05) is 0 Å². The van der Waals surface area contributed by atoms with E-state index in [1.54, 1.807) is 0 Å². The van der Waals surface area contributed by atoms with E-state index in [0.717, 1.165) is 0 Å². The van der Waals surface area contributed by atoms with Crippen molar-refractivity contribution in [2.75, 3.05) is 0 Å². The van der Waals surface area contributed by atoms with Crippen LogP contribution in [0.5, 0.6) is 0 Å². The van der Waals surface area contributed by atoms with Crippen LogP contribution in [-0.4, -0.2) is 15.1 Å². The fourth-order valence-corrected chi connectivity index (χ4v) is 27.1. The molecule has 0 saturated heterocycles. The summed E-state index contributed by atoms with van der Waals surface area (Å²) >= 11 is 0.913. The van der Waals surface area contributed by atoms with E-state index in [1.807, 2.05) is 0 Å². The van der Waals surface area contributed by atoms with E-state index >= 15 is 0 Å². The molecule has 0 spiro atoms. The third-order valence-electron chi connectivity index (χ3n) is 2.12. The van der Waals surface area contributed by atoms with Gasteiger partial charge in [0.25, 0.3) is 0 Å². The third kappa shape index (κ3) is 6.43. The molecule has 0 aromatic heterocycles. The summed E-state index contributed by atoms with van der Waals surface area (Å²) < 4.78 is 9.89. The van der Waals surface area contributed by atoms with Gasteiger partial charge in [-0.25, -0.2) is 0 Å². The quantitative estimate of drug-likeness (QED) is 0.467. The van der Waals surface area contributed by atoms with Crippen LogP contribution in [0.1, 0.15) is 55.4 Å². The van der Waals surface area contributed by atoms with Crippen LogP contribution in [0.2, 0.25) is 0 Å². The van der Waals surface area contributed by atoms with E-state index in [1.165, 1.54) is 22.3 Å². The predicted octanol–water partition coefficient (Wildman–Crippen LogP) is 6.30. The van der Waals surface area contributed by atoms with Crippen molar-refractivity contribution in [1.29, 1.82) is 0 Å². The summed E-state index contributed by atoms with van der Waals surface area (Å²) in [5, 5.41) is 0. The van der Waals surface area contributed by atoms with Crippen molar-refractivity contribution in [2.24, 2.45) is 0 Å². The third-order valence-corrected chi connectivity index (χ3v) is 19.7. The molecule has 0 aliphatic heterocycles. The first-order chi connectivity index (χ1) is 7.96. The van der Waals surface area contributed by atoms with Crippen molar-refractivity contribution in [1.82, 2.24) is 0 Å². The van der Waals surface area contributed by atoms with Crippen molar-refractivity contribution >= 4 is 27.7 Å². The van der Waals surface area contributed by atoms with Gasteiger partial charge in [0.05, 0.1) is 0 Å². The second-order valence-corrected chi connectivity index (χ2v) is 27.4. The van der Waals surface area contributed by atoms with E-state index in [2.05, 4.69) is 84.1 Å². The van der Waals surface area contributed by atoms with Crippen LogP contribution in [0.4, 0.5) is 0 Å². The van der Waals surface area contributed by atoms with E-state index in [9.17, 15) is 0 Å². The Labute approximate surface area is 121 Å². The van der Waals surface area contributed by atoms with E-state index in [0.29, 0.717) is 0 Å². The topological polar surface area (TPSA) is 0 Å². The van der Waals surface area contributed by atoms with Gasteiger partial charge in [-0.3, -0.25) is 0 Å². The molecule has 0 N–H and O–H groups in total. The van der Waals surface area contributed by atoms with Gasteiger partial charge in [0.15, 0.2) is 0 Å². The van der Waals surface area contributed by atoms with E-state index in [-0.39, 0.29) is 0 Å². The van der Waals surface area contributed by atoms with Crippen LogP contribution in [0, 0.1) is 0 Å². The first-order valence-electron chi connectivity index (χ1n) is 6.36. The summed E-state index contributed by atoms with van der Waals surface area (Å²) in [5.74, 6) is 0.